The molecule has 0 amide bonds. The third-order valence-corrected chi connectivity index (χ3v) is 5.16. The Bertz CT molecular complexity index is 901. The summed E-state index contributed by atoms with van der Waals surface area (Å²) in [6.07, 6.45) is 2.12. The zero-order valence-electron chi connectivity index (χ0n) is 17.5. The summed E-state index contributed by atoms with van der Waals surface area (Å²) in [7, 11) is 4.67. The highest BCUT2D eigenvalue weighted by atomic mass is 16.5. The number of methoxy groups -OCH3 is 3. The summed E-state index contributed by atoms with van der Waals surface area (Å²) in [6.45, 7) is 3.31. The van der Waals surface area contributed by atoms with Gasteiger partial charge >= 0.3 is 0 Å². The number of benzene rings is 2. The number of nitrogens with zero attached hydrogens (tertiary/aromatic N) is 1. The predicted molar refractivity (Wildman–Crippen MR) is 113 cm³/mol. The van der Waals surface area contributed by atoms with Gasteiger partial charge in [0.05, 0.1) is 45.7 Å². The van der Waals surface area contributed by atoms with Gasteiger partial charge in [-0.25, -0.2) is 0 Å². The minimum Gasteiger partial charge on any atom is -0.507 e. The lowest BCUT2D eigenvalue weighted by Crippen LogP contribution is -2.35. The van der Waals surface area contributed by atoms with Gasteiger partial charge in [0, 0.05) is 25.7 Å². The van der Waals surface area contributed by atoms with E-state index >= 15 is 0 Å². The van der Waals surface area contributed by atoms with E-state index in [0.717, 1.165) is 18.7 Å². The van der Waals surface area contributed by atoms with Gasteiger partial charge in [-0.2, -0.15) is 0 Å². The fourth-order valence-electron chi connectivity index (χ4n) is 3.56. The van der Waals surface area contributed by atoms with Gasteiger partial charge in [-0.15, -0.1) is 0 Å². The fourth-order valence-corrected chi connectivity index (χ4v) is 3.56. The molecule has 1 heterocycles. The van der Waals surface area contributed by atoms with Crippen molar-refractivity contribution in [2.75, 3.05) is 47.6 Å². The van der Waals surface area contributed by atoms with Crippen LogP contribution in [0.1, 0.15) is 16.7 Å². The second-order valence-electron chi connectivity index (χ2n) is 6.82. The van der Waals surface area contributed by atoms with Crippen LogP contribution in [0.5, 0.6) is 23.0 Å². The summed E-state index contributed by atoms with van der Waals surface area (Å²) in [4.78, 5) is 13.6. The lowest BCUT2D eigenvalue weighted by Gasteiger charge is -2.28. The quantitative estimate of drug-likeness (QED) is 0.527. The van der Waals surface area contributed by atoms with Crippen molar-refractivity contribution in [3.63, 3.8) is 0 Å². The number of carbonyl (C=O) groups excluding carboxylic acids is 1. The van der Waals surface area contributed by atoms with E-state index in [2.05, 4.69) is 4.90 Å². The lowest BCUT2D eigenvalue weighted by molar-refractivity contribution is -0.104. The van der Waals surface area contributed by atoms with Crippen LogP contribution >= 0.6 is 0 Å². The largest absolute Gasteiger partial charge is 0.507 e. The van der Waals surface area contributed by atoms with Crippen molar-refractivity contribution >= 4 is 11.9 Å². The number of morpholine rings is 1. The second kappa shape index (κ2) is 10.1. The molecule has 7 nitrogen and oxygen atoms in total. The third kappa shape index (κ3) is 4.58. The number of allylic oxidation sites excluding steroid dienone is 1. The molecule has 3 rings (SSSR count). The molecule has 0 aromatic heterocycles. The Labute approximate surface area is 176 Å². The Morgan fingerprint density at radius 3 is 2.30 bits per heavy atom. The van der Waals surface area contributed by atoms with Crippen molar-refractivity contribution in [1.29, 1.82) is 0 Å². The summed E-state index contributed by atoms with van der Waals surface area (Å²) in [5.41, 5.74) is 2.38. The molecule has 7 heteroatoms. The molecule has 1 N–H and O–H groups in total. The highest BCUT2D eigenvalue weighted by molar-refractivity contribution is 5.94. The summed E-state index contributed by atoms with van der Waals surface area (Å²) in [5, 5.41) is 11.3. The highest BCUT2D eigenvalue weighted by Gasteiger charge is 2.25. The maximum Gasteiger partial charge on any atom is 0.143 e. The number of aromatic hydroxyl groups is 1. The molecule has 1 aliphatic rings. The van der Waals surface area contributed by atoms with E-state index in [1.165, 1.54) is 13.2 Å². The first-order valence-corrected chi connectivity index (χ1v) is 9.70. The average Bonchev–Trinajstić information content (AvgIpc) is 2.79. The van der Waals surface area contributed by atoms with Crippen molar-refractivity contribution in [1.82, 2.24) is 4.90 Å². The molecule has 1 saturated heterocycles. The molecular formula is C23H27NO6. The van der Waals surface area contributed by atoms with Crippen LogP contribution < -0.4 is 14.2 Å². The summed E-state index contributed by atoms with van der Waals surface area (Å²) >= 11 is 0. The van der Waals surface area contributed by atoms with Gasteiger partial charge in [0.25, 0.3) is 0 Å². The van der Waals surface area contributed by atoms with Crippen LogP contribution in [0.15, 0.2) is 36.4 Å². The minimum absolute atomic E-state index is 0.0293. The maximum atomic E-state index is 11.5. The van der Waals surface area contributed by atoms with E-state index in [4.69, 9.17) is 18.9 Å². The Morgan fingerprint density at radius 1 is 1.07 bits per heavy atom. The van der Waals surface area contributed by atoms with E-state index < -0.39 is 0 Å². The molecule has 2 aromatic carbocycles. The van der Waals surface area contributed by atoms with Crippen molar-refractivity contribution in [2.24, 2.45) is 0 Å². The van der Waals surface area contributed by atoms with Crippen LogP contribution in [0.3, 0.4) is 0 Å². The number of phenolic OH excluding ortho intramolecular Hbond substituents is 1. The smallest absolute Gasteiger partial charge is 0.143 e. The van der Waals surface area contributed by atoms with Crippen LogP contribution in [0.2, 0.25) is 0 Å². The first-order valence-electron chi connectivity index (χ1n) is 9.70. The number of carbonyl (C=O) groups is 1. The number of aldehydes is 1. The molecule has 160 valence electrons. The predicted octanol–water partition coefficient (Wildman–Crippen LogP) is 2.88. The van der Waals surface area contributed by atoms with Gasteiger partial charge in [0.2, 0.25) is 0 Å². The van der Waals surface area contributed by atoms with Gasteiger partial charge in [-0.3, -0.25) is 9.69 Å². The Kier molecular flexibility index (Phi) is 7.32. The zero-order chi connectivity index (χ0) is 21.5. The van der Waals surface area contributed by atoms with Crippen LogP contribution in [0, 0.1) is 0 Å². The number of hydrogen-bond donors (Lipinski definition) is 1. The SMILES string of the molecule is COc1ccc(C(=CC=O)c2c(OC)cc(OC)c(CN3CCOCC3)c2O)cc1. The van der Waals surface area contributed by atoms with Crippen LogP contribution in [-0.4, -0.2) is 63.9 Å². The average molecular weight is 413 g/mol. The number of hydrogen-bond acceptors (Lipinski definition) is 7. The molecule has 30 heavy (non-hydrogen) atoms. The van der Waals surface area contributed by atoms with E-state index in [9.17, 15) is 9.90 Å². The fraction of sp³-hybridized carbons (Fsp3) is 0.348. The molecule has 0 atom stereocenters. The van der Waals surface area contributed by atoms with E-state index in [-0.39, 0.29) is 5.75 Å². The Morgan fingerprint density at radius 2 is 1.73 bits per heavy atom. The lowest BCUT2D eigenvalue weighted by atomic mass is 9.93. The Balaban J connectivity index is 2.13. The molecule has 0 aliphatic carbocycles. The molecule has 0 saturated carbocycles. The van der Waals surface area contributed by atoms with Crippen molar-refractivity contribution < 1.29 is 28.8 Å². The summed E-state index contributed by atoms with van der Waals surface area (Å²) < 4.78 is 21.7. The van der Waals surface area contributed by atoms with Gasteiger partial charge in [-0.05, 0) is 29.3 Å². The van der Waals surface area contributed by atoms with E-state index in [1.807, 2.05) is 12.1 Å². The maximum absolute atomic E-state index is 11.5. The number of ether oxygens (including phenoxy) is 4. The summed E-state index contributed by atoms with van der Waals surface area (Å²) in [5.74, 6) is 1.67. The molecule has 0 bridgehead atoms. The van der Waals surface area contributed by atoms with E-state index in [1.54, 1.807) is 32.4 Å². The molecule has 1 fully saturated rings. The van der Waals surface area contributed by atoms with Crippen LogP contribution in [0.25, 0.3) is 5.57 Å². The molecular weight excluding hydrogens is 386 g/mol. The first-order chi connectivity index (χ1) is 14.6. The van der Waals surface area contributed by atoms with E-state index in [0.29, 0.717) is 60.0 Å². The van der Waals surface area contributed by atoms with Crippen molar-refractivity contribution in [3.05, 3.63) is 53.1 Å². The molecule has 2 aromatic rings. The number of rotatable bonds is 8. The number of phenols is 1. The standard InChI is InChI=1S/C23H27NO6/c1-27-17-6-4-16(5-7-17)18(8-11-25)22-21(29-3)14-20(28-2)19(23(22)26)15-24-9-12-30-13-10-24/h4-8,11,14,26H,9-10,12-13,15H2,1-3H3. The van der Waals surface area contributed by atoms with Gasteiger partial charge < -0.3 is 24.1 Å². The third-order valence-electron chi connectivity index (χ3n) is 5.16. The van der Waals surface area contributed by atoms with Gasteiger partial charge in [0.1, 0.15) is 29.3 Å². The highest BCUT2D eigenvalue weighted by Crippen LogP contribution is 2.44. The van der Waals surface area contributed by atoms with Gasteiger partial charge in [0.15, 0.2) is 0 Å². The molecule has 0 radical (unpaired) electrons. The van der Waals surface area contributed by atoms with Crippen molar-refractivity contribution in [2.45, 2.75) is 6.54 Å². The van der Waals surface area contributed by atoms with Crippen LogP contribution in [-0.2, 0) is 16.1 Å². The monoisotopic (exact) mass is 413 g/mol. The molecule has 0 spiro atoms. The Hall–Kier alpha value is -3.03. The summed E-state index contributed by atoms with van der Waals surface area (Å²) in [6, 6.07) is 9.01. The minimum atomic E-state index is 0.0293. The molecule has 0 unspecified atom stereocenters. The first kappa shape index (κ1) is 21.7. The second-order valence-corrected chi connectivity index (χ2v) is 6.82. The normalized spacial score (nSPS) is 15.0. The molecule has 1 aliphatic heterocycles. The van der Waals surface area contributed by atoms with Crippen molar-refractivity contribution in [3.8, 4) is 23.0 Å². The topological polar surface area (TPSA) is 77.5 Å². The zero-order valence-corrected chi connectivity index (χ0v) is 17.5. The van der Waals surface area contributed by atoms with Gasteiger partial charge in [-0.1, -0.05) is 12.1 Å². The van der Waals surface area contributed by atoms with Crippen LogP contribution in [0.4, 0.5) is 0 Å².